The summed E-state index contributed by atoms with van der Waals surface area (Å²) in [6.45, 7) is 2.03. The van der Waals surface area contributed by atoms with Crippen molar-refractivity contribution in [3.63, 3.8) is 0 Å². The molecule has 0 spiro atoms. The van der Waals surface area contributed by atoms with Gasteiger partial charge in [0.25, 0.3) is 0 Å². The number of carbonyl (C=O) groups is 1. The molecule has 2 aromatic rings. The molecule has 0 bridgehead atoms. The summed E-state index contributed by atoms with van der Waals surface area (Å²) in [4.78, 5) is 15.6. The molecule has 0 saturated heterocycles. The number of esters is 1. The average molecular weight is 263 g/mol. The van der Waals surface area contributed by atoms with Gasteiger partial charge in [0.15, 0.2) is 11.6 Å². The van der Waals surface area contributed by atoms with Crippen molar-refractivity contribution in [1.82, 2.24) is 4.98 Å². The Morgan fingerprint density at radius 1 is 1.47 bits per heavy atom. The van der Waals surface area contributed by atoms with Crippen molar-refractivity contribution >= 4 is 16.9 Å². The molecule has 0 aliphatic heterocycles. The molecule has 0 N–H and O–H groups in total. The van der Waals surface area contributed by atoms with Crippen LogP contribution in [0.25, 0.3) is 10.9 Å². The number of carbonyl (C=O) groups excluding carboxylic acids is 1. The Bertz CT molecular complexity index is 613. The first kappa shape index (κ1) is 13.3. The van der Waals surface area contributed by atoms with Crippen molar-refractivity contribution in [3.8, 4) is 5.75 Å². The summed E-state index contributed by atoms with van der Waals surface area (Å²) in [5.41, 5.74) is 0.948. The van der Waals surface area contributed by atoms with Gasteiger partial charge >= 0.3 is 5.97 Å². The lowest BCUT2D eigenvalue weighted by Crippen LogP contribution is -2.08. The molecular weight excluding hydrogens is 249 g/mol. The number of rotatable bonds is 4. The summed E-state index contributed by atoms with van der Waals surface area (Å²) in [5.74, 6) is -0.839. The minimum absolute atomic E-state index is 0.0109. The van der Waals surface area contributed by atoms with Crippen LogP contribution in [0.3, 0.4) is 0 Å². The van der Waals surface area contributed by atoms with Crippen LogP contribution in [0.5, 0.6) is 5.75 Å². The number of halogens is 1. The van der Waals surface area contributed by atoms with E-state index in [1.807, 2.05) is 0 Å². The van der Waals surface area contributed by atoms with Crippen LogP contribution in [0.15, 0.2) is 24.4 Å². The van der Waals surface area contributed by atoms with Crippen molar-refractivity contribution in [1.29, 1.82) is 0 Å². The Morgan fingerprint density at radius 3 is 2.95 bits per heavy atom. The van der Waals surface area contributed by atoms with Crippen LogP contribution in [0.2, 0.25) is 0 Å². The summed E-state index contributed by atoms with van der Waals surface area (Å²) in [6.07, 6.45) is 1.56. The van der Waals surface area contributed by atoms with Crippen LogP contribution in [0, 0.1) is 5.82 Å². The molecule has 0 unspecified atom stereocenters. The van der Waals surface area contributed by atoms with E-state index in [9.17, 15) is 9.18 Å². The molecule has 4 nitrogen and oxygen atoms in total. The molecule has 0 radical (unpaired) electrons. The predicted octanol–water partition coefficient (Wildman–Crippen LogP) is 2.49. The quantitative estimate of drug-likeness (QED) is 0.795. The number of pyridine rings is 1. The van der Waals surface area contributed by atoms with Crippen LogP contribution < -0.4 is 4.74 Å². The van der Waals surface area contributed by atoms with E-state index in [1.165, 1.54) is 13.2 Å². The third-order valence-electron chi connectivity index (χ3n) is 2.73. The third kappa shape index (κ3) is 2.65. The van der Waals surface area contributed by atoms with E-state index in [2.05, 4.69) is 4.98 Å². The maximum atomic E-state index is 13.9. The molecule has 19 heavy (non-hydrogen) atoms. The van der Waals surface area contributed by atoms with Crippen LogP contribution in [0.4, 0.5) is 4.39 Å². The smallest absolute Gasteiger partial charge is 0.310 e. The molecule has 2 rings (SSSR count). The minimum atomic E-state index is -0.534. The topological polar surface area (TPSA) is 48.4 Å². The maximum absolute atomic E-state index is 13.9. The van der Waals surface area contributed by atoms with Gasteiger partial charge in [-0.25, -0.2) is 4.39 Å². The summed E-state index contributed by atoms with van der Waals surface area (Å²) in [6, 6.07) is 4.80. The van der Waals surface area contributed by atoms with Crippen LogP contribution in [0.1, 0.15) is 12.5 Å². The minimum Gasteiger partial charge on any atom is -0.491 e. The second-order valence-electron chi connectivity index (χ2n) is 3.93. The summed E-state index contributed by atoms with van der Waals surface area (Å²) in [7, 11) is 1.39. The van der Waals surface area contributed by atoms with Gasteiger partial charge in [0.2, 0.25) is 0 Å². The molecule has 0 amide bonds. The molecule has 0 fully saturated rings. The first-order valence-electron chi connectivity index (χ1n) is 5.93. The number of nitrogens with zero attached hydrogens (tertiary/aromatic N) is 1. The zero-order valence-electron chi connectivity index (χ0n) is 10.8. The predicted molar refractivity (Wildman–Crippen MR) is 68.6 cm³/mol. The van der Waals surface area contributed by atoms with E-state index >= 15 is 0 Å². The van der Waals surface area contributed by atoms with Gasteiger partial charge in [0.1, 0.15) is 5.52 Å². The van der Waals surface area contributed by atoms with E-state index in [0.717, 1.165) is 0 Å². The fraction of sp³-hybridized carbons (Fsp3) is 0.286. The Kier molecular flexibility index (Phi) is 3.94. The van der Waals surface area contributed by atoms with Gasteiger partial charge < -0.3 is 9.47 Å². The maximum Gasteiger partial charge on any atom is 0.310 e. The van der Waals surface area contributed by atoms with Crippen molar-refractivity contribution in [2.75, 3.05) is 13.7 Å². The second kappa shape index (κ2) is 5.65. The standard InChI is InChI=1S/C14H14FNO3/c1-3-19-12(17)8-9-7-11(15)14(18-2)13-10(9)5-4-6-16-13/h4-7H,3,8H2,1-2H3. The summed E-state index contributed by atoms with van der Waals surface area (Å²) in [5, 5.41) is 0.689. The lowest BCUT2D eigenvalue weighted by molar-refractivity contribution is -0.142. The zero-order chi connectivity index (χ0) is 13.8. The van der Waals surface area contributed by atoms with Crippen molar-refractivity contribution in [2.45, 2.75) is 13.3 Å². The first-order chi connectivity index (χ1) is 9.17. The van der Waals surface area contributed by atoms with E-state index in [4.69, 9.17) is 9.47 Å². The number of ether oxygens (including phenoxy) is 2. The van der Waals surface area contributed by atoms with Gasteiger partial charge in [-0.2, -0.15) is 0 Å². The Hall–Kier alpha value is -2.17. The summed E-state index contributed by atoms with van der Waals surface area (Å²) < 4.78 is 23.8. The zero-order valence-corrected chi connectivity index (χ0v) is 10.8. The molecule has 5 heteroatoms. The molecule has 0 aliphatic carbocycles. The molecule has 0 saturated carbocycles. The summed E-state index contributed by atoms with van der Waals surface area (Å²) >= 11 is 0. The van der Waals surface area contributed by atoms with Gasteiger partial charge in [0.05, 0.1) is 20.1 Å². The van der Waals surface area contributed by atoms with E-state index in [1.54, 1.807) is 25.3 Å². The van der Waals surface area contributed by atoms with Crippen LogP contribution >= 0.6 is 0 Å². The lowest BCUT2D eigenvalue weighted by Gasteiger charge is -2.10. The highest BCUT2D eigenvalue weighted by Crippen LogP contribution is 2.30. The normalized spacial score (nSPS) is 10.5. The van der Waals surface area contributed by atoms with E-state index in [-0.39, 0.29) is 12.2 Å². The highest BCUT2D eigenvalue weighted by atomic mass is 19.1. The molecule has 0 aliphatic rings. The van der Waals surface area contributed by atoms with Gasteiger partial charge in [-0.1, -0.05) is 6.07 Å². The average Bonchev–Trinajstić information content (AvgIpc) is 2.39. The molecule has 1 aromatic carbocycles. The molecule has 100 valence electrons. The van der Waals surface area contributed by atoms with Crippen molar-refractivity contribution in [3.05, 3.63) is 35.8 Å². The second-order valence-corrected chi connectivity index (χ2v) is 3.93. The fourth-order valence-corrected chi connectivity index (χ4v) is 1.96. The molecule has 1 aromatic heterocycles. The lowest BCUT2D eigenvalue weighted by atomic mass is 10.0. The van der Waals surface area contributed by atoms with Crippen molar-refractivity contribution in [2.24, 2.45) is 0 Å². The van der Waals surface area contributed by atoms with Gasteiger partial charge in [-0.3, -0.25) is 9.78 Å². The molecular formula is C14H14FNO3. The number of hydrogen-bond acceptors (Lipinski definition) is 4. The van der Waals surface area contributed by atoms with E-state index in [0.29, 0.717) is 23.1 Å². The number of fused-ring (bicyclic) bond motifs is 1. The Morgan fingerprint density at radius 2 is 2.26 bits per heavy atom. The Labute approximate surface area is 110 Å². The van der Waals surface area contributed by atoms with Gasteiger partial charge in [-0.15, -0.1) is 0 Å². The number of hydrogen-bond donors (Lipinski definition) is 0. The van der Waals surface area contributed by atoms with Gasteiger partial charge in [-0.05, 0) is 24.6 Å². The first-order valence-corrected chi connectivity index (χ1v) is 5.93. The monoisotopic (exact) mass is 263 g/mol. The SMILES string of the molecule is CCOC(=O)Cc1cc(F)c(OC)c2ncccc12. The highest BCUT2D eigenvalue weighted by molar-refractivity contribution is 5.90. The van der Waals surface area contributed by atoms with Crippen LogP contribution in [-0.2, 0) is 16.0 Å². The Balaban J connectivity index is 2.53. The largest absolute Gasteiger partial charge is 0.491 e. The molecule has 1 heterocycles. The van der Waals surface area contributed by atoms with Gasteiger partial charge in [0, 0.05) is 11.6 Å². The fourth-order valence-electron chi connectivity index (χ4n) is 1.96. The number of methoxy groups -OCH3 is 1. The van der Waals surface area contributed by atoms with E-state index < -0.39 is 11.8 Å². The molecule has 0 atom stereocenters. The third-order valence-corrected chi connectivity index (χ3v) is 2.73. The number of benzene rings is 1. The van der Waals surface area contributed by atoms with Crippen LogP contribution in [-0.4, -0.2) is 24.7 Å². The number of aromatic nitrogens is 1. The van der Waals surface area contributed by atoms with Crippen molar-refractivity contribution < 1.29 is 18.7 Å². The highest BCUT2D eigenvalue weighted by Gasteiger charge is 2.16.